The zero-order valence-corrected chi connectivity index (χ0v) is 23.3. The first kappa shape index (κ1) is 27.2. The molecule has 0 aliphatic carbocycles. The maximum Gasteiger partial charge on any atom is 0.261 e. The van der Waals surface area contributed by atoms with Gasteiger partial charge in [0.2, 0.25) is 0 Å². The summed E-state index contributed by atoms with van der Waals surface area (Å²) >= 11 is 0. The van der Waals surface area contributed by atoms with Gasteiger partial charge in [0.15, 0.2) is 0 Å². The SMILES string of the molecule is CCN(CC)Cc1ccc(NC(=C2C(=O)Nc3ccc(S(=O)(=O)Nc4ccccc4)cc32)c2ccccc2)cc1. The summed E-state index contributed by atoms with van der Waals surface area (Å²) in [5.74, 6) is -0.301. The van der Waals surface area contributed by atoms with Crippen molar-refractivity contribution in [3.05, 3.63) is 120 Å². The second-order valence-corrected chi connectivity index (χ2v) is 11.2. The van der Waals surface area contributed by atoms with Gasteiger partial charge in [0.1, 0.15) is 0 Å². The van der Waals surface area contributed by atoms with Gasteiger partial charge in [-0.05, 0) is 66.7 Å². The number of benzene rings is 4. The van der Waals surface area contributed by atoms with Crippen LogP contribution in [0.5, 0.6) is 0 Å². The maximum atomic E-state index is 13.4. The smallest absolute Gasteiger partial charge is 0.261 e. The van der Waals surface area contributed by atoms with Crippen LogP contribution in [0.1, 0.15) is 30.5 Å². The first-order valence-corrected chi connectivity index (χ1v) is 14.8. The highest BCUT2D eigenvalue weighted by Crippen LogP contribution is 2.39. The molecule has 4 aromatic carbocycles. The van der Waals surface area contributed by atoms with E-state index in [1.807, 2.05) is 48.5 Å². The number of carbonyl (C=O) groups excluding carboxylic acids is 1. The number of carbonyl (C=O) groups is 1. The van der Waals surface area contributed by atoms with Crippen molar-refractivity contribution in [3.8, 4) is 0 Å². The molecule has 0 bridgehead atoms. The van der Waals surface area contributed by atoms with Crippen molar-refractivity contribution in [3.63, 3.8) is 0 Å². The first-order chi connectivity index (χ1) is 19.4. The lowest BCUT2D eigenvalue weighted by atomic mass is 10.00. The van der Waals surface area contributed by atoms with Crippen molar-refractivity contribution in [1.82, 2.24) is 4.90 Å². The summed E-state index contributed by atoms with van der Waals surface area (Å²) in [6.45, 7) is 7.12. The number of rotatable bonds is 10. The molecular formula is C32H32N4O3S. The Labute approximate surface area is 235 Å². The fourth-order valence-electron chi connectivity index (χ4n) is 4.71. The van der Waals surface area contributed by atoms with Crippen LogP contribution < -0.4 is 15.4 Å². The molecule has 4 aromatic rings. The molecule has 1 amide bonds. The number of hydrogen-bond acceptors (Lipinski definition) is 5. The number of para-hydroxylation sites is 1. The number of hydrogen-bond donors (Lipinski definition) is 3. The van der Waals surface area contributed by atoms with Gasteiger partial charge in [-0.3, -0.25) is 14.4 Å². The van der Waals surface area contributed by atoms with Crippen LogP contribution in [0, 0.1) is 0 Å². The monoisotopic (exact) mass is 552 g/mol. The van der Waals surface area contributed by atoms with Crippen LogP contribution in [0.15, 0.2) is 108 Å². The normalized spacial score (nSPS) is 14.0. The summed E-state index contributed by atoms with van der Waals surface area (Å²) in [5, 5.41) is 6.35. The van der Waals surface area contributed by atoms with Crippen molar-refractivity contribution in [2.45, 2.75) is 25.3 Å². The molecule has 0 saturated carbocycles. The number of anilines is 3. The second kappa shape index (κ2) is 11.8. The van der Waals surface area contributed by atoms with Crippen molar-refractivity contribution in [2.75, 3.05) is 28.4 Å². The number of amides is 1. The largest absolute Gasteiger partial charge is 0.354 e. The van der Waals surface area contributed by atoms with Crippen LogP contribution in [0.4, 0.5) is 17.1 Å². The Hall–Kier alpha value is -4.40. The lowest BCUT2D eigenvalue weighted by Crippen LogP contribution is -2.22. The topological polar surface area (TPSA) is 90.5 Å². The molecule has 0 aromatic heterocycles. The lowest BCUT2D eigenvalue weighted by molar-refractivity contribution is -0.110. The predicted molar refractivity (Wildman–Crippen MR) is 162 cm³/mol. The summed E-state index contributed by atoms with van der Waals surface area (Å²) in [7, 11) is -3.88. The Kier molecular flexibility index (Phi) is 8.00. The molecule has 0 spiro atoms. The van der Waals surface area contributed by atoms with Crippen molar-refractivity contribution >= 4 is 44.3 Å². The first-order valence-electron chi connectivity index (χ1n) is 13.3. The molecule has 204 valence electrons. The van der Waals surface area contributed by atoms with Crippen LogP contribution in [0.25, 0.3) is 11.3 Å². The third-order valence-corrected chi connectivity index (χ3v) is 8.29. The molecule has 0 fully saturated rings. The van der Waals surface area contributed by atoms with Gasteiger partial charge in [-0.2, -0.15) is 0 Å². The van der Waals surface area contributed by atoms with Crippen molar-refractivity contribution < 1.29 is 13.2 Å². The van der Waals surface area contributed by atoms with E-state index in [1.54, 1.807) is 36.4 Å². The minimum Gasteiger partial charge on any atom is -0.354 e. The number of fused-ring (bicyclic) bond motifs is 1. The molecule has 0 radical (unpaired) electrons. The van der Waals surface area contributed by atoms with E-state index in [2.05, 4.69) is 46.2 Å². The van der Waals surface area contributed by atoms with Gasteiger partial charge in [-0.1, -0.05) is 74.5 Å². The van der Waals surface area contributed by atoms with Crippen LogP contribution in [-0.2, 0) is 21.4 Å². The summed E-state index contributed by atoms with van der Waals surface area (Å²) in [4.78, 5) is 15.8. The minimum atomic E-state index is -3.88. The van der Waals surface area contributed by atoms with E-state index in [9.17, 15) is 13.2 Å². The highest BCUT2D eigenvalue weighted by atomic mass is 32.2. The van der Waals surface area contributed by atoms with Crippen LogP contribution in [-0.4, -0.2) is 32.3 Å². The third kappa shape index (κ3) is 5.93. The Morgan fingerprint density at radius 3 is 2.10 bits per heavy atom. The fraction of sp³-hybridized carbons (Fsp3) is 0.156. The Balaban J connectivity index is 1.54. The molecule has 3 N–H and O–H groups in total. The summed E-state index contributed by atoms with van der Waals surface area (Å²) in [5.41, 5.74) is 5.35. The Bertz CT molecular complexity index is 1630. The van der Waals surface area contributed by atoms with Crippen LogP contribution in [0.3, 0.4) is 0 Å². The average Bonchev–Trinajstić information content (AvgIpc) is 3.30. The molecular weight excluding hydrogens is 520 g/mol. The molecule has 5 rings (SSSR count). The van der Waals surface area contributed by atoms with Gasteiger partial charge in [0.25, 0.3) is 15.9 Å². The molecule has 0 atom stereocenters. The Morgan fingerprint density at radius 1 is 0.800 bits per heavy atom. The van der Waals surface area contributed by atoms with E-state index in [-0.39, 0.29) is 10.8 Å². The number of sulfonamides is 1. The van der Waals surface area contributed by atoms with Crippen molar-refractivity contribution in [1.29, 1.82) is 0 Å². The molecule has 0 unspecified atom stereocenters. The molecule has 0 saturated heterocycles. The molecule has 1 aliphatic rings. The molecule has 7 nitrogen and oxygen atoms in total. The maximum absolute atomic E-state index is 13.4. The summed E-state index contributed by atoms with van der Waals surface area (Å²) < 4.78 is 29.1. The summed E-state index contributed by atoms with van der Waals surface area (Å²) in [6, 6.07) is 31.1. The summed E-state index contributed by atoms with van der Waals surface area (Å²) in [6.07, 6.45) is 0. The highest BCUT2D eigenvalue weighted by molar-refractivity contribution is 7.92. The van der Waals surface area contributed by atoms with E-state index >= 15 is 0 Å². The minimum absolute atomic E-state index is 0.0669. The fourth-order valence-corrected chi connectivity index (χ4v) is 5.79. The van der Waals surface area contributed by atoms with E-state index in [0.29, 0.717) is 28.2 Å². The van der Waals surface area contributed by atoms with E-state index in [0.717, 1.165) is 30.9 Å². The number of nitrogens with one attached hydrogen (secondary N) is 3. The molecule has 40 heavy (non-hydrogen) atoms. The van der Waals surface area contributed by atoms with E-state index < -0.39 is 10.0 Å². The van der Waals surface area contributed by atoms with Gasteiger partial charge in [-0.15, -0.1) is 0 Å². The van der Waals surface area contributed by atoms with Crippen LogP contribution in [0.2, 0.25) is 0 Å². The van der Waals surface area contributed by atoms with Gasteiger partial charge in [0.05, 0.1) is 16.2 Å². The zero-order valence-electron chi connectivity index (χ0n) is 22.5. The predicted octanol–water partition coefficient (Wildman–Crippen LogP) is 6.26. The van der Waals surface area contributed by atoms with Gasteiger partial charge < -0.3 is 10.6 Å². The van der Waals surface area contributed by atoms with E-state index in [4.69, 9.17) is 0 Å². The highest BCUT2D eigenvalue weighted by Gasteiger charge is 2.30. The number of nitrogens with zero attached hydrogens (tertiary/aromatic N) is 1. The second-order valence-electron chi connectivity index (χ2n) is 9.53. The molecule has 8 heteroatoms. The quantitative estimate of drug-likeness (QED) is 0.202. The zero-order chi connectivity index (χ0) is 28.1. The lowest BCUT2D eigenvalue weighted by Gasteiger charge is -2.19. The van der Waals surface area contributed by atoms with Crippen LogP contribution >= 0.6 is 0 Å². The van der Waals surface area contributed by atoms with Gasteiger partial charge in [-0.25, -0.2) is 8.42 Å². The molecule has 1 aliphatic heterocycles. The van der Waals surface area contributed by atoms with E-state index in [1.165, 1.54) is 11.6 Å². The van der Waals surface area contributed by atoms with Crippen molar-refractivity contribution in [2.24, 2.45) is 0 Å². The van der Waals surface area contributed by atoms with Gasteiger partial charge in [0, 0.05) is 29.2 Å². The molecule has 1 heterocycles. The third-order valence-electron chi connectivity index (χ3n) is 6.91. The Morgan fingerprint density at radius 2 is 1.45 bits per heavy atom. The standard InChI is InChI=1S/C32H32N4O3S/c1-3-36(4-2)22-23-15-17-25(18-16-23)33-31(24-11-7-5-8-12-24)30-28-21-27(19-20-29(28)34-32(30)37)40(38,39)35-26-13-9-6-10-14-26/h5-21,33,35H,3-4,22H2,1-2H3,(H,34,37). The van der Waals surface area contributed by atoms with Gasteiger partial charge >= 0.3 is 0 Å². The average molecular weight is 553 g/mol.